The maximum atomic E-state index is 9.53. The topological polar surface area (TPSA) is 35.5 Å². The van der Waals surface area contributed by atoms with Crippen LogP contribution in [0.15, 0.2) is 0 Å². The van der Waals surface area contributed by atoms with Gasteiger partial charge in [0.2, 0.25) is 0 Å². The highest BCUT2D eigenvalue weighted by Crippen LogP contribution is 2.26. The molecule has 1 heterocycles. The van der Waals surface area contributed by atoms with Gasteiger partial charge < -0.3 is 15.3 Å². The third-order valence-electron chi connectivity index (χ3n) is 4.43. The summed E-state index contributed by atoms with van der Waals surface area (Å²) in [6.07, 6.45) is 7.45. The molecule has 2 unspecified atom stereocenters. The molecule has 2 rings (SSSR count). The highest BCUT2D eigenvalue weighted by molar-refractivity contribution is 4.84. The first kappa shape index (κ1) is 13.3. The van der Waals surface area contributed by atoms with Gasteiger partial charge in [-0.2, -0.15) is 0 Å². The summed E-state index contributed by atoms with van der Waals surface area (Å²) in [5.74, 6) is 0.832. The Morgan fingerprint density at radius 3 is 2.53 bits per heavy atom. The molecule has 3 nitrogen and oxygen atoms in total. The summed E-state index contributed by atoms with van der Waals surface area (Å²) < 4.78 is 0. The molecule has 0 radical (unpaired) electrons. The van der Waals surface area contributed by atoms with Crippen molar-refractivity contribution in [3.63, 3.8) is 0 Å². The lowest BCUT2D eigenvalue weighted by molar-refractivity contribution is 0.0662. The van der Waals surface area contributed by atoms with Crippen LogP contribution in [0.4, 0.5) is 0 Å². The van der Waals surface area contributed by atoms with Crippen molar-refractivity contribution in [1.82, 2.24) is 10.2 Å². The van der Waals surface area contributed by atoms with E-state index >= 15 is 0 Å². The molecule has 0 amide bonds. The molecule has 2 atom stereocenters. The standard InChI is InChI=1S/C14H28N2O/c1-2-15-14-6-4-3-5-12(14)11-16-9-7-13(17)8-10-16/h12-15,17H,2-11H2,1H3. The van der Waals surface area contributed by atoms with E-state index in [1.165, 1.54) is 32.2 Å². The van der Waals surface area contributed by atoms with Gasteiger partial charge in [0.05, 0.1) is 6.10 Å². The third kappa shape index (κ3) is 3.94. The van der Waals surface area contributed by atoms with Gasteiger partial charge in [0.1, 0.15) is 0 Å². The molecule has 100 valence electrons. The molecular weight excluding hydrogens is 212 g/mol. The molecule has 1 saturated carbocycles. The van der Waals surface area contributed by atoms with E-state index in [0.717, 1.165) is 44.4 Å². The van der Waals surface area contributed by atoms with Crippen LogP contribution in [0.2, 0.25) is 0 Å². The minimum absolute atomic E-state index is 0.0397. The summed E-state index contributed by atoms with van der Waals surface area (Å²) >= 11 is 0. The maximum Gasteiger partial charge on any atom is 0.0564 e. The average Bonchev–Trinajstić information content (AvgIpc) is 2.35. The fourth-order valence-electron chi connectivity index (χ4n) is 3.39. The predicted octanol–water partition coefficient (Wildman–Crippen LogP) is 1.61. The van der Waals surface area contributed by atoms with Crippen molar-refractivity contribution in [2.45, 2.75) is 57.6 Å². The number of nitrogens with zero attached hydrogens (tertiary/aromatic N) is 1. The van der Waals surface area contributed by atoms with E-state index in [1.807, 2.05) is 0 Å². The van der Waals surface area contributed by atoms with Crippen LogP contribution in [0, 0.1) is 5.92 Å². The van der Waals surface area contributed by atoms with Crippen LogP contribution in [0.3, 0.4) is 0 Å². The largest absolute Gasteiger partial charge is 0.393 e. The average molecular weight is 240 g/mol. The summed E-state index contributed by atoms with van der Waals surface area (Å²) in [6.45, 7) is 6.74. The lowest BCUT2D eigenvalue weighted by atomic mass is 9.83. The monoisotopic (exact) mass is 240 g/mol. The molecule has 0 bridgehead atoms. The second kappa shape index (κ2) is 6.72. The van der Waals surface area contributed by atoms with Gasteiger partial charge in [-0.05, 0) is 38.1 Å². The van der Waals surface area contributed by atoms with E-state index in [2.05, 4.69) is 17.1 Å². The number of hydrogen-bond acceptors (Lipinski definition) is 3. The summed E-state index contributed by atoms with van der Waals surface area (Å²) in [5.41, 5.74) is 0. The van der Waals surface area contributed by atoms with Crippen molar-refractivity contribution in [3.05, 3.63) is 0 Å². The van der Waals surface area contributed by atoms with Crippen LogP contribution in [0.25, 0.3) is 0 Å². The summed E-state index contributed by atoms with van der Waals surface area (Å²) in [7, 11) is 0. The minimum atomic E-state index is -0.0397. The van der Waals surface area contributed by atoms with Crippen molar-refractivity contribution in [1.29, 1.82) is 0 Å². The first-order chi connectivity index (χ1) is 8.29. The van der Waals surface area contributed by atoms with E-state index in [4.69, 9.17) is 0 Å². The van der Waals surface area contributed by atoms with Gasteiger partial charge in [-0.15, -0.1) is 0 Å². The second-order valence-corrected chi connectivity index (χ2v) is 5.74. The third-order valence-corrected chi connectivity index (χ3v) is 4.43. The van der Waals surface area contributed by atoms with Crippen molar-refractivity contribution in [2.24, 2.45) is 5.92 Å². The summed E-state index contributed by atoms with van der Waals surface area (Å²) in [6, 6.07) is 0.737. The molecule has 1 saturated heterocycles. The van der Waals surface area contributed by atoms with Crippen molar-refractivity contribution in [2.75, 3.05) is 26.2 Å². The molecular formula is C14H28N2O. The zero-order valence-electron chi connectivity index (χ0n) is 11.2. The van der Waals surface area contributed by atoms with Gasteiger partial charge in [-0.25, -0.2) is 0 Å². The maximum absolute atomic E-state index is 9.53. The van der Waals surface area contributed by atoms with E-state index in [9.17, 15) is 5.11 Å². The van der Waals surface area contributed by atoms with Gasteiger partial charge in [-0.3, -0.25) is 0 Å². The SMILES string of the molecule is CCNC1CCCCC1CN1CCC(O)CC1. The van der Waals surface area contributed by atoms with Crippen molar-refractivity contribution in [3.8, 4) is 0 Å². The Hall–Kier alpha value is -0.120. The lowest BCUT2D eigenvalue weighted by Gasteiger charge is -2.38. The smallest absolute Gasteiger partial charge is 0.0564 e. The minimum Gasteiger partial charge on any atom is -0.393 e. The number of piperidine rings is 1. The zero-order valence-corrected chi connectivity index (χ0v) is 11.2. The normalized spacial score (nSPS) is 32.8. The molecule has 2 aliphatic rings. The van der Waals surface area contributed by atoms with E-state index in [0.29, 0.717) is 0 Å². The van der Waals surface area contributed by atoms with Crippen LogP contribution >= 0.6 is 0 Å². The van der Waals surface area contributed by atoms with Gasteiger partial charge in [0.15, 0.2) is 0 Å². The molecule has 0 aromatic rings. The Kier molecular flexibility index (Phi) is 5.26. The molecule has 2 N–H and O–H groups in total. The molecule has 0 aromatic heterocycles. The Bertz CT molecular complexity index is 212. The molecule has 0 spiro atoms. The van der Waals surface area contributed by atoms with Crippen LogP contribution in [0.1, 0.15) is 45.4 Å². The molecule has 0 aromatic carbocycles. The Morgan fingerprint density at radius 2 is 1.82 bits per heavy atom. The fourth-order valence-corrected chi connectivity index (χ4v) is 3.39. The first-order valence-electron chi connectivity index (χ1n) is 7.43. The van der Waals surface area contributed by atoms with Crippen molar-refractivity contribution < 1.29 is 5.11 Å². The van der Waals surface area contributed by atoms with Crippen LogP contribution in [-0.4, -0.2) is 48.3 Å². The second-order valence-electron chi connectivity index (χ2n) is 5.74. The Labute approximate surface area is 106 Å². The first-order valence-corrected chi connectivity index (χ1v) is 7.43. The van der Waals surface area contributed by atoms with Gasteiger partial charge >= 0.3 is 0 Å². The molecule has 3 heteroatoms. The summed E-state index contributed by atoms with van der Waals surface area (Å²) in [4.78, 5) is 2.56. The molecule has 17 heavy (non-hydrogen) atoms. The van der Waals surface area contributed by atoms with Crippen LogP contribution < -0.4 is 5.32 Å². The van der Waals surface area contributed by atoms with Gasteiger partial charge in [-0.1, -0.05) is 19.8 Å². The van der Waals surface area contributed by atoms with Gasteiger partial charge in [0.25, 0.3) is 0 Å². The number of nitrogens with one attached hydrogen (secondary N) is 1. The van der Waals surface area contributed by atoms with E-state index in [1.54, 1.807) is 0 Å². The summed E-state index contributed by atoms with van der Waals surface area (Å²) in [5, 5.41) is 13.2. The Balaban J connectivity index is 1.79. The highest BCUT2D eigenvalue weighted by Gasteiger charge is 2.27. The van der Waals surface area contributed by atoms with E-state index < -0.39 is 0 Å². The highest BCUT2D eigenvalue weighted by atomic mass is 16.3. The predicted molar refractivity (Wildman–Crippen MR) is 71.1 cm³/mol. The van der Waals surface area contributed by atoms with E-state index in [-0.39, 0.29) is 6.10 Å². The number of rotatable bonds is 4. The number of aliphatic hydroxyl groups excluding tert-OH is 1. The number of hydrogen-bond donors (Lipinski definition) is 2. The lowest BCUT2D eigenvalue weighted by Crippen LogP contribution is -2.46. The molecule has 2 fully saturated rings. The van der Waals surface area contributed by atoms with Gasteiger partial charge in [0, 0.05) is 25.7 Å². The number of aliphatic hydroxyl groups is 1. The fraction of sp³-hybridized carbons (Fsp3) is 1.00. The molecule has 1 aliphatic carbocycles. The number of likely N-dealkylation sites (tertiary alicyclic amines) is 1. The van der Waals surface area contributed by atoms with Crippen LogP contribution in [-0.2, 0) is 0 Å². The van der Waals surface area contributed by atoms with Crippen LogP contribution in [0.5, 0.6) is 0 Å². The zero-order chi connectivity index (χ0) is 12.1. The Morgan fingerprint density at radius 1 is 1.12 bits per heavy atom. The van der Waals surface area contributed by atoms with Crippen molar-refractivity contribution >= 4 is 0 Å². The quantitative estimate of drug-likeness (QED) is 0.784. The molecule has 1 aliphatic heterocycles.